The molecule has 0 radical (unpaired) electrons. The van der Waals surface area contributed by atoms with E-state index in [2.05, 4.69) is 10.6 Å². The first-order chi connectivity index (χ1) is 13.7. The van der Waals surface area contributed by atoms with Gasteiger partial charge in [-0.15, -0.1) is 0 Å². The summed E-state index contributed by atoms with van der Waals surface area (Å²) in [5, 5.41) is 5.14. The number of benzene rings is 1. The number of nitrogens with one attached hydrogen (secondary N) is 2. The third-order valence-electron chi connectivity index (χ3n) is 3.81. The Morgan fingerprint density at radius 2 is 1.86 bits per heavy atom. The van der Waals surface area contributed by atoms with Crippen LogP contribution in [-0.4, -0.2) is 55.1 Å². The summed E-state index contributed by atoms with van der Waals surface area (Å²) in [6.07, 6.45) is 0.719. The molecular weight excluding hydrogens is 399 g/mol. The second kappa shape index (κ2) is 13.4. The van der Waals surface area contributed by atoms with E-state index in [4.69, 9.17) is 20.5 Å². The predicted molar refractivity (Wildman–Crippen MR) is 109 cm³/mol. The Labute approximate surface area is 170 Å². The molecule has 0 saturated carbocycles. The van der Waals surface area contributed by atoms with Gasteiger partial charge in [-0.2, -0.15) is 0 Å². The lowest BCUT2D eigenvalue weighted by molar-refractivity contribution is -0.122. The number of rotatable bonds is 14. The highest BCUT2D eigenvalue weighted by Gasteiger charge is 2.27. The van der Waals surface area contributed by atoms with Crippen molar-refractivity contribution in [2.75, 3.05) is 26.2 Å². The van der Waals surface area contributed by atoms with Crippen LogP contribution >= 0.6 is 7.82 Å². The van der Waals surface area contributed by atoms with Gasteiger partial charge >= 0.3 is 7.82 Å². The van der Waals surface area contributed by atoms with Crippen LogP contribution in [0.4, 0.5) is 0 Å². The fraction of sp³-hybridized carbons (Fsp3) is 0.556. The van der Waals surface area contributed by atoms with Gasteiger partial charge in [0.1, 0.15) is 6.10 Å². The third-order valence-corrected chi connectivity index (χ3v) is 4.88. The predicted octanol–water partition coefficient (Wildman–Crippen LogP) is 0.0498. The van der Waals surface area contributed by atoms with Gasteiger partial charge in [-0.05, 0) is 25.3 Å². The smallest absolute Gasteiger partial charge is 0.353 e. The summed E-state index contributed by atoms with van der Waals surface area (Å²) in [4.78, 5) is 33.4. The van der Waals surface area contributed by atoms with Crippen LogP contribution in [0.25, 0.3) is 0 Å². The van der Waals surface area contributed by atoms with Crippen LogP contribution in [0.5, 0.6) is 0 Å². The second-order valence-electron chi connectivity index (χ2n) is 6.49. The van der Waals surface area contributed by atoms with Crippen LogP contribution in [-0.2, 0) is 29.6 Å². The molecule has 0 saturated heterocycles. The molecule has 1 aromatic carbocycles. The minimum absolute atomic E-state index is 0.0398. The van der Waals surface area contributed by atoms with Crippen molar-refractivity contribution in [2.45, 2.75) is 38.3 Å². The Hall–Kier alpha value is -1.81. The Morgan fingerprint density at radius 3 is 2.48 bits per heavy atom. The lowest BCUT2D eigenvalue weighted by Gasteiger charge is -2.22. The normalized spacial score (nSPS) is 15.2. The standard InChI is InChI=1S/C18H31N4O6P/c1-14(20)18(24)22-13-16(28-29(25,26)27-11-10-19)12-21-17(23)9-5-8-15-6-3-2-4-7-15/h2-4,6-7,14,16H,5,8-13,19-20H2,1H3,(H,21,23)(H,22,24)(H,25,26)/t14-,16?/m1/s1. The van der Waals surface area contributed by atoms with Crippen LogP contribution in [0.15, 0.2) is 30.3 Å². The number of aryl methyl sites for hydroxylation is 1. The summed E-state index contributed by atoms with van der Waals surface area (Å²) in [6.45, 7) is 1.17. The number of phosphoric acid groups is 1. The minimum Gasteiger partial charge on any atom is -0.353 e. The fourth-order valence-electron chi connectivity index (χ4n) is 2.32. The Balaban J connectivity index is 2.50. The van der Waals surface area contributed by atoms with Crippen LogP contribution in [0, 0.1) is 0 Å². The average molecular weight is 430 g/mol. The van der Waals surface area contributed by atoms with E-state index < -0.39 is 25.9 Å². The third kappa shape index (κ3) is 11.7. The summed E-state index contributed by atoms with van der Waals surface area (Å²) in [7, 11) is -4.38. The number of hydrogen-bond acceptors (Lipinski definition) is 7. The Morgan fingerprint density at radius 1 is 1.21 bits per heavy atom. The molecule has 0 heterocycles. The molecule has 0 fully saturated rings. The zero-order valence-electron chi connectivity index (χ0n) is 16.6. The topological polar surface area (TPSA) is 166 Å². The zero-order valence-corrected chi connectivity index (χ0v) is 17.5. The summed E-state index contributed by atoms with van der Waals surface area (Å²) in [5.41, 5.74) is 11.9. The van der Waals surface area contributed by atoms with Gasteiger partial charge < -0.3 is 27.0 Å². The molecule has 1 rings (SSSR count). The number of phosphoric ester groups is 1. The number of nitrogens with two attached hydrogens (primary N) is 2. The molecule has 0 aliphatic rings. The van der Waals surface area contributed by atoms with Crippen molar-refractivity contribution in [2.24, 2.45) is 11.5 Å². The fourth-order valence-corrected chi connectivity index (χ4v) is 3.25. The van der Waals surface area contributed by atoms with Crippen molar-refractivity contribution in [3.8, 4) is 0 Å². The van der Waals surface area contributed by atoms with E-state index in [1.807, 2.05) is 30.3 Å². The van der Waals surface area contributed by atoms with Crippen molar-refractivity contribution in [3.05, 3.63) is 35.9 Å². The molecule has 2 unspecified atom stereocenters. The average Bonchev–Trinajstić information content (AvgIpc) is 2.68. The van der Waals surface area contributed by atoms with E-state index in [9.17, 15) is 19.0 Å². The molecule has 29 heavy (non-hydrogen) atoms. The van der Waals surface area contributed by atoms with Gasteiger partial charge in [0, 0.05) is 26.1 Å². The zero-order chi connectivity index (χ0) is 21.7. The van der Waals surface area contributed by atoms with E-state index >= 15 is 0 Å². The van der Waals surface area contributed by atoms with Crippen molar-refractivity contribution in [1.82, 2.24) is 10.6 Å². The lowest BCUT2D eigenvalue weighted by atomic mass is 10.1. The molecule has 7 N–H and O–H groups in total. The maximum atomic E-state index is 12.1. The van der Waals surface area contributed by atoms with E-state index in [-0.39, 0.29) is 38.6 Å². The summed E-state index contributed by atoms with van der Waals surface area (Å²) in [6, 6.07) is 9.03. The molecule has 0 spiro atoms. The number of carbonyl (C=O) groups excluding carboxylic acids is 2. The minimum atomic E-state index is -4.38. The molecule has 1 aromatic rings. The van der Waals surface area contributed by atoms with Gasteiger partial charge in [0.15, 0.2) is 0 Å². The number of amides is 2. The molecule has 0 aromatic heterocycles. The van der Waals surface area contributed by atoms with Gasteiger partial charge in [0.05, 0.1) is 12.6 Å². The highest BCUT2D eigenvalue weighted by atomic mass is 31.2. The SMILES string of the molecule is C[C@@H](N)C(=O)NCC(CNC(=O)CCCc1ccccc1)OP(=O)(O)OCCN. The summed E-state index contributed by atoms with van der Waals surface area (Å²) >= 11 is 0. The monoisotopic (exact) mass is 430 g/mol. The largest absolute Gasteiger partial charge is 0.472 e. The molecule has 0 aliphatic heterocycles. The van der Waals surface area contributed by atoms with Gasteiger partial charge in [-0.3, -0.25) is 18.6 Å². The second-order valence-corrected chi connectivity index (χ2v) is 7.90. The molecule has 10 nitrogen and oxygen atoms in total. The van der Waals surface area contributed by atoms with E-state index in [0.29, 0.717) is 6.42 Å². The van der Waals surface area contributed by atoms with Crippen LogP contribution < -0.4 is 22.1 Å². The van der Waals surface area contributed by atoms with Crippen LogP contribution in [0.3, 0.4) is 0 Å². The molecule has 3 atom stereocenters. The Kier molecular flexibility index (Phi) is 11.7. The van der Waals surface area contributed by atoms with E-state index in [1.165, 1.54) is 6.92 Å². The first kappa shape index (κ1) is 25.2. The molecule has 0 bridgehead atoms. The molecule has 0 aliphatic carbocycles. The van der Waals surface area contributed by atoms with Gasteiger partial charge in [-0.1, -0.05) is 30.3 Å². The van der Waals surface area contributed by atoms with E-state index in [0.717, 1.165) is 12.0 Å². The molecule has 164 valence electrons. The first-order valence-corrected chi connectivity index (χ1v) is 10.9. The van der Waals surface area contributed by atoms with Crippen molar-refractivity contribution < 1.29 is 28.1 Å². The first-order valence-electron chi connectivity index (χ1n) is 9.43. The van der Waals surface area contributed by atoms with Crippen LogP contribution in [0.2, 0.25) is 0 Å². The summed E-state index contributed by atoms with van der Waals surface area (Å²) in [5.74, 6) is -0.688. The van der Waals surface area contributed by atoms with Crippen molar-refractivity contribution in [1.29, 1.82) is 0 Å². The number of carbonyl (C=O) groups is 2. The highest BCUT2D eigenvalue weighted by Crippen LogP contribution is 2.44. The molecular formula is C18H31N4O6P. The quantitative estimate of drug-likeness (QED) is 0.258. The van der Waals surface area contributed by atoms with Gasteiger partial charge in [0.25, 0.3) is 0 Å². The summed E-state index contributed by atoms with van der Waals surface area (Å²) < 4.78 is 21.7. The van der Waals surface area contributed by atoms with Crippen LogP contribution in [0.1, 0.15) is 25.3 Å². The molecule has 11 heteroatoms. The van der Waals surface area contributed by atoms with Gasteiger partial charge in [0.2, 0.25) is 11.8 Å². The maximum Gasteiger partial charge on any atom is 0.472 e. The van der Waals surface area contributed by atoms with E-state index in [1.54, 1.807) is 0 Å². The highest BCUT2D eigenvalue weighted by molar-refractivity contribution is 7.47. The van der Waals surface area contributed by atoms with Crippen molar-refractivity contribution in [3.63, 3.8) is 0 Å². The van der Waals surface area contributed by atoms with Crippen molar-refractivity contribution >= 4 is 19.6 Å². The van der Waals surface area contributed by atoms with Gasteiger partial charge in [-0.25, -0.2) is 4.57 Å². The lowest BCUT2D eigenvalue weighted by Crippen LogP contribution is -2.45. The number of hydrogen-bond donors (Lipinski definition) is 5. The Bertz CT molecular complexity index is 674. The molecule has 2 amide bonds. The maximum absolute atomic E-state index is 12.1.